The van der Waals surface area contributed by atoms with Crippen LogP contribution in [0.4, 0.5) is 0 Å². The Hall–Kier alpha value is -0.570. The fraction of sp³-hybridized carbons (Fsp3) is 0.538. The summed E-state index contributed by atoms with van der Waals surface area (Å²) in [7, 11) is 1.68. The van der Waals surface area contributed by atoms with E-state index in [1.807, 2.05) is 31.2 Å². The van der Waals surface area contributed by atoms with Crippen LogP contribution < -0.4 is 0 Å². The molecule has 2 unspecified atom stereocenters. The number of rotatable bonds is 6. The van der Waals surface area contributed by atoms with Gasteiger partial charge in [-0.1, -0.05) is 30.7 Å². The average Bonchev–Trinajstić information content (AvgIpc) is 2.29. The molecule has 1 aromatic carbocycles. The molecule has 0 bridgehead atoms. The highest BCUT2D eigenvalue weighted by Gasteiger charge is 2.14. The van der Waals surface area contributed by atoms with Crippen molar-refractivity contribution < 1.29 is 9.84 Å². The predicted molar refractivity (Wildman–Crippen MR) is 66.8 cm³/mol. The Labute approximate surface area is 102 Å². The lowest BCUT2D eigenvalue weighted by Gasteiger charge is -2.18. The highest BCUT2D eigenvalue weighted by atomic mass is 35.5. The Balaban J connectivity index is 2.43. The molecular formula is C13H19ClO2. The van der Waals surface area contributed by atoms with E-state index < -0.39 is 0 Å². The molecule has 0 aliphatic carbocycles. The number of benzene rings is 1. The SMILES string of the molecule is COCCC(C)C(O)Cc1ccc(Cl)cc1. The summed E-state index contributed by atoms with van der Waals surface area (Å²) >= 11 is 5.80. The first kappa shape index (κ1) is 13.5. The summed E-state index contributed by atoms with van der Waals surface area (Å²) in [6.07, 6.45) is 1.23. The molecule has 0 fully saturated rings. The quantitative estimate of drug-likeness (QED) is 0.831. The van der Waals surface area contributed by atoms with Crippen LogP contribution in [0.2, 0.25) is 5.02 Å². The Kier molecular flexibility index (Phi) is 5.81. The first-order valence-corrected chi connectivity index (χ1v) is 5.92. The molecule has 0 saturated carbocycles. The van der Waals surface area contributed by atoms with Gasteiger partial charge in [0.1, 0.15) is 0 Å². The van der Waals surface area contributed by atoms with Crippen LogP contribution in [0.5, 0.6) is 0 Å². The lowest BCUT2D eigenvalue weighted by Crippen LogP contribution is -2.21. The summed E-state index contributed by atoms with van der Waals surface area (Å²) in [5, 5.41) is 10.7. The zero-order valence-electron chi connectivity index (χ0n) is 9.82. The molecule has 0 radical (unpaired) electrons. The van der Waals surface area contributed by atoms with Gasteiger partial charge in [-0.15, -0.1) is 0 Å². The minimum Gasteiger partial charge on any atom is -0.393 e. The Morgan fingerprint density at radius 3 is 2.50 bits per heavy atom. The van der Waals surface area contributed by atoms with Crippen molar-refractivity contribution in [3.05, 3.63) is 34.9 Å². The molecule has 90 valence electrons. The van der Waals surface area contributed by atoms with Crippen LogP contribution in [-0.4, -0.2) is 24.9 Å². The van der Waals surface area contributed by atoms with Crippen molar-refractivity contribution in [3.63, 3.8) is 0 Å². The van der Waals surface area contributed by atoms with Crippen molar-refractivity contribution in [3.8, 4) is 0 Å². The molecule has 0 spiro atoms. The number of methoxy groups -OCH3 is 1. The molecule has 0 aromatic heterocycles. The second-order valence-corrected chi connectivity index (χ2v) is 4.59. The van der Waals surface area contributed by atoms with E-state index in [-0.39, 0.29) is 12.0 Å². The van der Waals surface area contributed by atoms with Crippen molar-refractivity contribution in [1.29, 1.82) is 0 Å². The number of ether oxygens (including phenoxy) is 1. The fourth-order valence-electron chi connectivity index (χ4n) is 1.56. The van der Waals surface area contributed by atoms with Gasteiger partial charge in [-0.05, 0) is 36.5 Å². The Morgan fingerprint density at radius 2 is 1.94 bits per heavy atom. The topological polar surface area (TPSA) is 29.5 Å². The van der Waals surface area contributed by atoms with E-state index in [0.29, 0.717) is 13.0 Å². The van der Waals surface area contributed by atoms with Gasteiger partial charge < -0.3 is 9.84 Å². The van der Waals surface area contributed by atoms with Gasteiger partial charge in [0.05, 0.1) is 6.10 Å². The van der Waals surface area contributed by atoms with Crippen LogP contribution in [0.3, 0.4) is 0 Å². The monoisotopic (exact) mass is 242 g/mol. The van der Waals surface area contributed by atoms with Crippen LogP contribution in [0.1, 0.15) is 18.9 Å². The lowest BCUT2D eigenvalue weighted by atomic mass is 9.95. The number of aliphatic hydroxyl groups is 1. The maximum Gasteiger partial charge on any atom is 0.0606 e. The van der Waals surface area contributed by atoms with Crippen LogP contribution in [0, 0.1) is 5.92 Å². The van der Waals surface area contributed by atoms with E-state index in [9.17, 15) is 5.11 Å². The number of aliphatic hydroxyl groups excluding tert-OH is 1. The van der Waals surface area contributed by atoms with Crippen LogP contribution >= 0.6 is 11.6 Å². The molecule has 1 rings (SSSR count). The van der Waals surface area contributed by atoms with E-state index in [1.54, 1.807) is 7.11 Å². The standard InChI is InChI=1S/C13H19ClO2/c1-10(7-8-16-2)13(15)9-11-3-5-12(14)6-4-11/h3-6,10,13,15H,7-9H2,1-2H3. The summed E-state index contributed by atoms with van der Waals surface area (Å²) in [6.45, 7) is 2.73. The molecule has 0 aliphatic rings. The Morgan fingerprint density at radius 1 is 1.31 bits per heavy atom. The predicted octanol–water partition coefficient (Wildman–Crippen LogP) is 2.92. The third kappa shape index (κ3) is 4.52. The molecule has 16 heavy (non-hydrogen) atoms. The first-order chi connectivity index (χ1) is 7.63. The van der Waals surface area contributed by atoms with Gasteiger partial charge in [0.2, 0.25) is 0 Å². The molecule has 3 heteroatoms. The summed E-state index contributed by atoms with van der Waals surface area (Å²) in [5.41, 5.74) is 1.11. The van der Waals surface area contributed by atoms with E-state index in [2.05, 4.69) is 0 Å². The highest BCUT2D eigenvalue weighted by Crippen LogP contribution is 2.16. The maximum absolute atomic E-state index is 9.98. The third-order valence-corrected chi connectivity index (χ3v) is 3.04. The summed E-state index contributed by atoms with van der Waals surface area (Å²) in [4.78, 5) is 0. The van der Waals surface area contributed by atoms with Crippen molar-refractivity contribution in [2.45, 2.75) is 25.9 Å². The van der Waals surface area contributed by atoms with Crippen LogP contribution in [0.15, 0.2) is 24.3 Å². The highest BCUT2D eigenvalue weighted by molar-refractivity contribution is 6.30. The molecule has 1 aromatic rings. The van der Waals surface area contributed by atoms with Crippen molar-refractivity contribution in [2.24, 2.45) is 5.92 Å². The van der Waals surface area contributed by atoms with E-state index in [4.69, 9.17) is 16.3 Å². The largest absolute Gasteiger partial charge is 0.393 e. The minimum atomic E-state index is -0.323. The average molecular weight is 243 g/mol. The molecule has 0 heterocycles. The summed E-state index contributed by atoms with van der Waals surface area (Å²) < 4.78 is 5.00. The van der Waals surface area contributed by atoms with Gasteiger partial charge in [0.25, 0.3) is 0 Å². The van der Waals surface area contributed by atoms with Crippen molar-refractivity contribution in [2.75, 3.05) is 13.7 Å². The molecule has 0 amide bonds. The second kappa shape index (κ2) is 6.89. The van der Waals surface area contributed by atoms with Crippen LogP contribution in [-0.2, 0) is 11.2 Å². The minimum absolute atomic E-state index is 0.246. The third-order valence-electron chi connectivity index (χ3n) is 2.79. The molecule has 2 atom stereocenters. The molecular weight excluding hydrogens is 224 g/mol. The van der Waals surface area contributed by atoms with Crippen LogP contribution in [0.25, 0.3) is 0 Å². The lowest BCUT2D eigenvalue weighted by molar-refractivity contribution is 0.0887. The van der Waals surface area contributed by atoms with Gasteiger partial charge in [-0.2, -0.15) is 0 Å². The number of hydrogen-bond acceptors (Lipinski definition) is 2. The maximum atomic E-state index is 9.98. The Bertz CT molecular complexity index is 297. The molecule has 0 saturated heterocycles. The first-order valence-electron chi connectivity index (χ1n) is 5.55. The molecule has 1 N–H and O–H groups in total. The molecule has 2 nitrogen and oxygen atoms in total. The van der Waals surface area contributed by atoms with E-state index in [1.165, 1.54) is 0 Å². The fourth-order valence-corrected chi connectivity index (χ4v) is 1.69. The second-order valence-electron chi connectivity index (χ2n) is 4.16. The zero-order chi connectivity index (χ0) is 12.0. The summed E-state index contributed by atoms with van der Waals surface area (Å²) in [5.74, 6) is 0.246. The zero-order valence-corrected chi connectivity index (χ0v) is 10.6. The van der Waals surface area contributed by atoms with Crippen molar-refractivity contribution in [1.82, 2.24) is 0 Å². The van der Waals surface area contributed by atoms with Gasteiger partial charge >= 0.3 is 0 Å². The molecule has 0 aliphatic heterocycles. The number of halogens is 1. The normalized spacial score (nSPS) is 14.8. The summed E-state index contributed by atoms with van der Waals surface area (Å²) in [6, 6.07) is 7.61. The van der Waals surface area contributed by atoms with Gasteiger partial charge in [-0.25, -0.2) is 0 Å². The van der Waals surface area contributed by atoms with Gasteiger partial charge in [0, 0.05) is 18.7 Å². The smallest absolute Gasteiger partial charge is 0.0606 e. The van der Waals surface area contributed by atoms with Crippen molar-refractivity contribution >= 4 is 11.6 Å². The van der Waals surface area contributed by atoms with E-state index >= 15 is 0 Å². The number of hydrogen-bond donors (Lipinski definition) is 1. The van der Waals surface area contributed by atoms with Gasteiger partial charge in [-0.3, -0.25) is 0 Å². The van der Waals surface area contributed by atoms with E-state index in [0.717, 1.165) is 17.0 Å². The van der Waals surface area contributed by atoms with Gasteiger partial charge in [0.15, 0.2) is 0 Å².